The van der Waals surface area contributed by atoms with E-state index in [2.05, 4.69) is 37.9 Å². The molecule has 0 atom stereocenters. The molecular formula is C29H26BrFN4O4. The molecule has 0 bridgehead atoms. The van der Waals surface area contributed by atoms with E-state index < -0.39 is 11.7 Å². The molecule has 0 saturated carbocycles. The third kappa shape index (κ3) is 6.77. The van der Waals surface area contributed by atoms with Crippen LogP contribution in [0, 0.1) is 12.7 Å². The van der Waals surface area contributed by atoms with E-state index in [1.807, 2.05) is 19.1 Å². The summed E-state index contributed by atoms with van der Waals surface area (Å²) < 4.78 is 27.1. The lowest BCUT2D eigenvalue weighted by Gasteiger charge is -2.16. The van der Waals surface area contributed by atoms with Crippen LogP contribution in [0.15, 0.2) is 81.6 Å². The maximum atomic E-state index is 13.4. The van der Waals surface area contributed by atoms with Gasteiger partial charge in [0.1, 0.15) is 11.6 Å². The molecule has 0 aliphatic heterocycles. The van der Waals surface area contributed by atoms with Crippen molar-refractivity contribution in [3.8, 4) is 11.5 Å². The number of ether oxygens (including phenoxy) is 2. The molecule has 0 aliphatic carbocycles. The first-order valence-electron chi connectivity index (χ1n) is 12.1. The van der Waals surface area contributed by atoms with Crippen molar-refractivity contribution in [2.45, 2.75) is 20.3 Å². The third-order valence-corrected chi connectivity index (χ3v) is 6.06. The fourth-order valence-electron chi connectivity index (χ4n) is 3.91. The number of aryl methyl sites for hydroxylation is 1. The second kappa shape index (κ2) is 12.5. The van der Waals surface area contributed by atoms with Crippen molar-refractivity contribution in [2.24, 2.45) is 5.10 Å². The molecule has 1 aromatic heterocycles. The number of hydrogen-bond acceptors (Lipinski definition) is 6. The van der Waals surface area contributed by atoms with Gasteiger partial charge in [0.2, 0.25) is 0 Å². The number of halogens is 2. The van der Waals surface area contributed by atoms with Gasteiger partial charge < -0.3 is 14.8 Å². The fourth-order valence-corrected chi connectivity index (χ4v) is 4.27. The number of carbonyl (C=O) groups is 1. The molecule has 8 nitrogen and oxygen atoms in total. The van der Waals surface area contributed by atoms with E-state index in [0.29, 0.717) is 58.1 Å². The van der Waals surface area contributed by atoms with Gasteiger partial charge in [0.15, 0.2) is 18.1 Å². The van der Waals surface area contributed by atoms with Gasteiger partial charge in [-0.1, -0.05) is 28.1 Å². The molecule has 200 valence electrons. The number of nitrogens with zero attached hydrogens (tertiary/aromatic N) is 3. The molecule has 1 heterocycles. The SMILES string of the molecule is C=CCc1cc(C=Nn2c(C)nc3ccc(Br)cc3c2=O)cc(OCC)c1OCC(=O)Nc1cccc(F)c1. The molecule has 1 amide bonds. The molecule has 10 heteroatoms. The maximum Gasteiger partial charge on any atom is 0.282 e. The number of rotatable bonds is 10. The van der Waals surface area contributed by atoms with E-state index in [9.17, 15) is 14.0 Å². The van der Waals surface area contributed by atoms with Crippen molar-refractivity contribution < 1.29 is 18.7 Å². The van der Waals surface area contributed by atoms with Crippen LogP contribution in [0.2, 0.25) is 0 Å². The zero-order valence-corrected chi connectivity index (χ0v) is 23.0. The number of allylic oxidation sites excluding steroid dienone is 1. The summed E-state index contributed by atoms with van der Waals surface area (Å²) in [4.78, 5) is 30.0. The number of anilines is 1. The fraction of sp³-hybridized carbons (Fsp3) is 0.172. The molecule has 0 fully saturated rings. The summed E-state index contributed by atoms with van der Waals surface area (Å²) in [6.45, 7) is 7.38. The van der Waals surface area contributed by atoms with Crippen LogP contribution in [-0.4, -0.2) is 35.0 Å². The highest BCUT2D eigenvalue weighted by molar-refractivity contribution is 9.10. The van der Waals surface area contributed by atoms with Crippen LogP contribution in [0.1, 0.15) is 23.9 Å². The molecule has 0 unspecified atom stereocenters. The van der Waals surface area contributed by atoms with E-state index >= 15 is 0 Å². The summed E-state index contributed by atoms with van der Waals surface area (Å²) in [6, 6.07) is 14.4. The first-order chi connectivity index (χ1) is 18.8. The van der Waals surface area contributed by atoms with Crippen molar-refractivity contribution in [3.63, 3.8) is 0 Å². The molecule has 4 aromatic rings. The number of amides is 1. The zero-order valence-electron chi connectivity index (χ0n) is 21.4. The Bertz CT molecular complexity index is 1630. The molecule has 1 N–H and O–H groups in total. The number of fused-ring (bicyclic) bond motifs is 1. The smallest absolute Gasteiger partial charge is 0.282 e. The summed E-state index contributed by atoms with van der Waals surface area (Å²) in [6.07, 6.45) is 3.66. The minimum absolute atomic E-state index is 0.296. The number of carbonyl (C=O) groups excluding carboxylic acids is 1. The van der Waals surface area contributed by atoms with Gasteiger partial charge in [-0.15, -0.1) is 6.58 Å². The van der Waals surface area contributed by atoms with Gasteiger partial charge in [-0.2, -0.15) is 9.78 Å². The van der Waals surface area contributed by atoms with Gasteiger partial charge >= 0.3 is 0 Å². The summed E-state index contributed by atoms with van der Waals surface area (Å²) in [5, 5.41) is 7.44. The minimum atomic E-state index is -0.456. The maximum absolute atomic E-state index is 13.4. The van der Waals surface area contributed by atoms with Crippen molar-refractivity contribution in [1.82, 2.24) is 9.66 Å². The largest absolute Gasteiger partial charge is 0.490 e. The molecule has 4 rings (SSSR count). The van der Waals surface area contributed by atoms with E-state index in [-0.39, 0.29) is 12.2 Å². The quantitative estimate of drug-likeness (QED) is 0.190. The van der Waals surface area contributed by atoms with Crippen molar-refractivity contribution in [2.75, 3.05) is 18.5 Å². The highest BCUT2D eigenvalue weighted by atomic mass is 79.9. The lowest BCUT2D eigenvalue weighted by atomic mass is 10.1. The lowest BCUT2D eigenvalue weighted by Crippen LogP contribution is -2.21. The highest BCUT2D eigenvalue weighted by Crippen LogP contribution is 2.33. The van der Waals surface area contributed by atoms with E-state index in [1.54, 1.807) is 37.3 Å². The molecule has 0 aliphatic rings. The highest BCUT2D eigenvalue weighted by Gasteiger charge is 2.15. The zero-order chi connectivity index (χ0) is 27.9. The van der Waals surface area contributed by atoms with Crippen LogP contribution < -0.4 is 20.3 Å². The van der Waals surface area contributed by atoms with Gasteiger partial charge in [0.25, 0.3) is 11.5 Å². The van der Waals surface area contributed by atoms with E-state index in [4.69, 9.17) is 9.47 Å². The summed E-state index contributed by atoms with van der Waals surface area (Å²) in [5.41, 5.74) is 1.97. The van der Waals surface area contributed by atoms with Gasteiger partial charge in [-0.25, -0.2) is 9.37 Å². The molecular weight excluding hydrogens is 567 g/mol. The van der Waals surface area contributed by atoms with Crippen LogP contribution in [0.3, 0.4) is 0 Å². The van der Waals surface area contributed by atoms with Crippen LogP contribution in [0.25, 0.3) is 10.9 Å². The number of benzene rings is 3. The van der Waals surface area contributed by atoms with E-state index in [0.717, 1.165) is 4.47 Å². The van der Waals surface area contributed by atoms with Gasteiger partial charge in [-0.05, 0) is 74.4 Å². The van der Waals surface area contributed by atoms with Crippen molar-refractivity contribution in [1.29, 1.82) is 0 Å². The van der Waals surface area contributed by atoms with E-state index in [1.165, 1.54) is 29.1 Å². The molecule has 39 heavy (non-hydrogen) atoms. The Balaban J connectivity index is 1.63. The monoisotopic (exact) mass is 592 g/mol. The average Bonchev–Trinajstić information content (AvgIpc) is 2.89. The normalized spacial score (nSPS) is 11.1. The molecule has 0 radical (unpaired) electrons. The van der Waals surface area contributed by atoms with Gasteiger partial charge in [-0.3, -0.25) is 9.59 Å². The Kier molecular flexibility index (Phi) is 8.88. The van der Waals surface area contributed by atoms with Crippen LogP contribution >= 0.6 is 15.9 Å². The third-order valence-electron chi connectivity index (χ3n) is 5.57. The summed E-state index contributed by atoms with van der Waals surface area (Å²) in [5.74, 6) is 0.313. The Morgan fingerprint density at radius 1 is 1.21 bits per heavy atom. The van der Waals surface area contributed by atoms with Crippen molar-refractivity contribution >= 4 is 44.6 Å². The minimum Gasteiger partial charge on any atom is -0.490 e. The lowest BCUT2D eigenvalue weighted by molar-refractivity contribution is -0.118. The molecule has 0 saturated heterocycles. The van der Waals surface area contributed by atoms with Crippen LogP contribution in [-0.2, 0) is 11.2 Å². The van der Waals surface area contributed by atoms with Crippen LogP contribution in [0.5, 0.6) is 11.5 Å². The second-order valence-corrected chi connectivity index (χ2v) is 9.38. The Morgan fingerprint density at radius 2 is 2.03 bits per heavy atom. The predicted molar refractivity (Wildman–Crippen MR) is 153 cm³/mol. The topological polar surface area (TPSA) is 94.8 Å². The Morgan fingerprint density at radius 3 is 2.77 bits per heavy atom. The standard InChI is InChI=1S/C29H26BrFN4O4/c1-4-7-20-12-19(16-32-35-18(3)33-25-11-10-21(30)14-24(25)29(35)37)13-26(38-5-2)28(20)39-17-27(36)34-23-9-6-8-22(31)15-23/h4,6,8-16H,1,5,7,17H2,2-3H3,(H,34,36). The number of aromatic nitrogens is 2. The van der Waals surface area contributed by atoms with Gasteiger partial charge in [0, 0.05) is 15.7 Å². The Labute approximate surface area is 232 Å². The summed E-state index contributed by atoms with van der Waals surface area (Å²) in [7, 11) is 0. The number of hydrogen-bond donors (Lipinski definition) is 1. The Hall–Kier alpha value is -4.31. The van der Waals surface area contributed by atoms with Gasteiger partial charge in [0.05, 0.1) is 23.7 Å². The second-order valence-electron chi connectivity index (χ2n) is 8.46. The first-order valence-corrected chi connectivity index (χ1v) is 12.9. The molecule has 3 aromatic carbocycles. The summed E-state index contributed by atoms with van der Waals surface area (Å²) >= 11 is 3.39. The number of nitrogens with one attached hydrogen (secondary N) is 1. The molecule has 0 spiro atoms. The average molecular weight is 593 g/mol. The van der Waals surface area contributed by atoms with Crippen LogP contribution in [0.4, 0.5) is 10.1 Å². The first kappa shape index (κ1) is 27.7. The predicted octanol–water partition coefficient (Wildman–Crippen LogP) is 5.63. The van der Waals surface area contributed by atoms with Crippen molar-refractivity contribution in [3.05, 3.63) is 105 Å².